The van der Waals surface area contributed by atoms with Gasteiger partial charge in [0.05, 0.1) is 0 Å². The highest BCUT2D eigenvalue weighted by molar-refractivity contribution is 7.99. The number of nitriles is 1. The van der Waals surface area contributed by atoms with Gasteiger partial charge in [0.15, 0.2) is 6.61 Å². The van der Waals surface area contributed by atoms with E-state index in [1.807, 2.05) is 6.07 Å². The first-order valence-corrected chi connectivity index (χ1v) is 10.5. The van der Waals surface area contributed by atoms with E-state index in [0.29, 0.717) is 21.6 Å². The fourth-order valence-electron chi connectivity index (χ4n) is 2.71. The van der Waals surface area contributed by atoms with E-state index in [9.17, 15) is 14.9 Å². The topological polar surface area (TPSA) is 131 Å². The molecule has 0 radical (unpaired) electrons. The number of ether oxygens (including phenoxy) is 1. The largest absolute Gasteiger partial charge is 0.455 e. The molecule has 0 aliphatic rings. The number of nitrogens with zero attached hydrogens (tertiary/aromatic N) is 3. The number of nitrogens with one attached hydrogen (secondary N) is 1. The Morgan fingerprint density at radius 2 is 1.91 bits per heavy atom. The number of esters is 1. The Kier molecular flexibility index (Phi) is 6.39. The highest BCUT2D eigenvalue weighted by Gasteiger charge is 2.18. The number of amides is 1. The van der Waals surface area contributed by atoms with Gasteiger partial charge in [0, 0.05) is 16.0 Å². The number of hydrogen-bond donors (Lipinski definition) is 1. The van der Waals surface area contributed by atoms with Crippen LogP contribution in [-0.2, 0) is 14.3 Å². The van der Waals surface area contributed by atoms with Crippen LogP contribution in [0.4, 0.5) is 5.69 Å². The molecule has 0 saturated heterocycles. The predicted octanol–water partition coefficient (Wildman–Crippen LogP) is 4.28. The number of fused-ring (bicyclic) bond motifs is 1. The van der Waals surface area contributed by atoms with Gasteiger partial charge in [0.2, 0.25) is 11.7 Å². The molecule has 160 valence electrons. The molecule has 0 fully saturated rings. The highest BCUT2D eigenvalue weighted by atomic mass is 35.5. The molecule has 0 bridgehead atoms. The zero-order chi connectivity index (χ0) is 22.5. The quantitative estimate of drug-likeness (QED) is 0.311. The number of halogens is 1. The van der Waals surface area contributed by atoms with E-state index < -0.39 is 18.5 Å². The predicted molar refractivity (Wildman–Crippen MR) is 116 cm³/mol. The number of para-hydroxylation sites is 1. The van der Waals surface area contributed by atoms with Gasteiger partial charge in [-0.25, -0.2) is 0 Å². The number of aromatic nitrogens is 2. The lowest BCUT2D eigenvalue weighted by molar-refractivity contribution is -0.144. The van der Waals surface area contributed by atoms with Crippen molar-refractivity contribution in [3.63, 3.8) is 0 Å². The van der Waals surface area contributed by atoms with E-state index in [-0.39, 0.29) is 28.3 Å². The summed E-state index contributed by atoms with van der Waals surface area (Å²) < 4.78 is 15.9. The standard InChI is InChI=1S/C21H13ClN4O5S/c22-13-7-5-12(6-8-13)20-25-26-21(31-20)32-11-18(28)29-10-17(27)24-19-14-3-1-2-4-15(14)30-16(19)9-23/h1-8H,10-11H2,(H,24,27). The molecule has 0 saturated carbocycles. The third-order valence-electron chi connectivity index (χ3n) is 4.14. The Labute approximate surface area is 190 Å². The van der Waals surface area contributed by atoms with Crippen LogP contribution in [-0.4, -0.2) is 34.4 Å². The molecule has 2 heterocycles. The summed E-state index contributed by atoms with van der Waals surface area (Å²) in [7, 11) is 0. The van der Waals surface area contributed by atoms with E-state index in [2.05, 4.69) is 15.5 Å². The van der Waals surface area contributed by atoms with Crippen molar-refractivity contribution in [3.8, 4) is 17.5 Å². The maximum atomic E-state index is 12.2. The first-order valence-electron chi connectivity index (χ1n) is 9.13. The zero-order valence-electron chi connectivity index (χ0n) is 16.2. The van der Waals surface area contributed by atoms with E-state index in [4.69, 9.17) is 25.2 Å². The molecule has 0 aliphatic heterocycles. The van der Waals surface area contributed by atoms with Crippen molar-refractivity contribution in [1.29, 1.82) is 5.26 Å². The number of carbonyl (C=O) groups is 2. The van der Waals surface area contributed by atoms with E-state index in [1.54, 1.807) is 48.5 Å². The van der Waals surface area contributed by atoms with Crippen LogP contribution in [0, 0.1) is 11.3 Å². The second-order valence-corrected chi connectivity index (χ2v) is 7.65. The van der Waals surface area contributed by atoms with Crippen LogP contribution in [0.25, 0.3) is 22.4 Å². The molecule has 0 unspecified atom stereocenters. The van der Waals surface area contributed by atoms with Crippen molar-refractivity contribution >= 4 is 51.9 Å². The zero-order valence-corrected chi connectivity index (χ0v) is 17.8. The fourth-order valence-corrected chi connectivity index (χ4v) is 3.40. The van der Waals surface area contributed by atoms with Gasteiger partial charge >= 0.3 is 5.97 Å². The summed E-state index contributed by atoms with van der Waals surface area (Å²) in [4.78, 5) is 24.2. The van der Waals surface area contributed by atoms with Gasteiger partial charge in [-0.3, -0.25) is 9.59 Å². The summed E-state index contributed by atoms with van der Waals surface area (Å²) >= 11 is 6.83. The summed E-state index contributed by atoms with van der Waals surface area (Å²) in [5, 5.41) is 20.9. The molecule has 0 spiro atoms. The first-order chi connectivity index (χ1) is 15.5. The minimum Gasteiger partial charge on any atom is -0.455 e. The molecule has 2 aromatic heterocycles. The third-order valence-corrected chi connectivity index (χ3v) is 5.18. The Balaban J connectivity index is 1.28. The number of hydrogen-bond acceptors (Lipinski definition) is 9. The molecular formula is C21H13ClN4O5S. The van der Waals surface area contributed by atoms with Crippen LogP contribution in [0.5, 0.6) is 0 Å². The molecule has 32 heavy (non-hydrogen) atoms. The Morgan fingerprint density at radius 1 is 1.12 bits per heavy atom. The van der Waals surface area contributed by atoms with Crippen molar-refractivity contribution in [2.24, 2.45) is 0 Å². The number of anilines is 1. The molecule has 0 aliphatic carbocycles. The molecule has 11 heteroatoms. The van der Waals surface area contributed by atoms with Crippen molar-refractivity contribution in [3.05, 3.63) is 59.3 Å². The van der Waals surface area contributed by atoms with Crippen LogP contribution in [0.2, 0.25) is 5.02 Å². The molecule has 1 amide bonds. The summed E-state index contributed by atoms with van der Waals surface area (Å²) in [5.74, 6) is -1.12. The lowest BCUT2D eigenvalue weighted by Crippen LogP contribution is -2.21. The monoisotopic (exact) mass is 468 g/mol. The number of rotatable bonds is 7. The molecule has 4 aromatic rings. The first kappa shape index (κ1) is 21.4. The average molecular weight is 469 g/mol. The number of furan rings is 1. The minimum atomic E-state index is -0.644. The summed E-state index contributed by atoms with van der Waals surface area (Å²) in [5.41, 5.74) is 1.39. The molecule has 1 N–H and O–H groups in total. The van der Waals surface area contributed by atoms with Gasteiger partial charge < -0.3 is 18.9 Å². The van der Waals surface area contributed by atoms with Gasteiger partial charge in [0.1, 0.15) is 23.1 Å². The third kappa shape index (κ3) is 4.91. The highest BCUT2D eigenvalue weighted by Crippen LogP contribution is 2.30. The maximum absolute atomic E-state index is 12.2. The van der Waals surface area contributed by atoms with E-state index >= 15 is 0 Å². The van der Waals surface area contributed by atoms with Gasteiger partial charge in [-0.05, 0) is 36.4 Å². The molecule has 4 rings (SSSR count). The summed E-state index contributed by atoms with van der Waals surface area (Å²) in [6, 6.07) is 15.6. The Bertz CT molecular complexity index is 1330. The number of carbonyl (C=O) groups excluding carboxylic acids is 2. The maximum Gasteiger partial charge on any atom is 0.316 e. The van der Waals surface area contributed by atoms with Gasteiger partial charge in [-0.1, -0.05) is 35.5 Å². The number of thioether (sulfide) groups is 1. The SMILES string of the molecule is N#Cc1oc2ccccc2c1NC(=O)COC(=O)CSc1nnc(-c2ccc(Cl)cc2)o1. The van der Waals surface area contributed by atoms with Crippen LogP contribution in [0.1, 0.15) is 5.76 Å². The van der Waals surface area contributed by atoms with Crippen LogP contribution >= 0.6 is 23.4 Å². The van der Waals surface area contributed by atoms with E-state index in [1.165, 1.54) is 0 Å². The summed E-state index contributed by atoms with van der Waals surface area (Å²) in [6.45, 7) is -0.524. The lowest BCUT2D eigenvalue weighted by atomic mass is 10.2. The fraction of sp³-hybridized carbons (Fsp3) is 0.0952. The second-order valence-electron chi connectivity index (χ2n) is 6.29. The molecule has 2 aromatic carbocycles. The minimum absolute atomic E-state index is 0.0330. The second kappa shape index (κ2) is 9.55. The van der Waals surface area contributed by atoms with Crippen molar-refractivity contribution in [2.45, 2.75) is 5.22 Å². The average Bonchev–Trinajstić information content (AvgIpc) is 3.42. The number of benzene rings is 2. The van der Waals surface area contributed by atoms with E-state index in [0.717, 1.165) is 11.8 Å². The van der Waals surface area contributed by atoms with Crippen molar-refractivity contribution in [1.82, 2.24) is 10.2 Å². The Morgan fingerprint density at radius 3 is 2.69 bits per heavy atom. The molecule has 9 nitrogen and oxygen atoms in total. The van der Waals surface area contributed by atoms with Crippen molar-refractivity contribution in [2.75, 3.05) is 17.7 Å². The van der Waals surface area contributed by atoms with Crippen molar-refractivity contribution < 1.29 is 23.2 Å². The lowest BCUT2D eigenvalue weighted by Gasteiger charge is -2.05. The van der Waals surface area contributed by atoms with Crippen LogP contribution in [0.15, 0.2) is 62.6 Å². The molecule has 0 atom stereocenters. The molecular weight excluding hydrogens is 456 g/mol. The van der Waals surface area contributed by atoms with Gasteiger partial charge in [-0.2, -0.15) is 5.26 Å². The normalized spacial score (nSPS) is 10.6. The Hall–Kier alpha value is -3.81. The van der Waals surface area contributed by atoms with Gasteiger partial charge in [-0.15, -0.1) is 10.2 Å². The van der Waals surface area contributed by atoms with Crippen LogP contribution < -0.4 is 5.32 Å². The van der Waals surface area contributed by atoms with Crippen LogP contribution in [0.3, 0.4) is 0 Å². The summed E-state index contributed by atoms with van der Waals surface area (Å²) in [6.07, 6.45) is 0. The smallest absolute Gasteiger partial charge is 0.316 e. The van der Waals surface area contributed by atoms with Gasteiger partial charge in [0.25, 0.3) is 11.1 Å².